The summed E-state index contributed by atoms with van der Waals surface area (Å²) in [6, 6.07) is 0. The van der Waals surface area contributed by atoms with Crippen LogP contribution >= 0.6 is 0 Å². The Bertz CT molecular complexity index is 186. The molecular weight excluding hydrogens is 210 g/mol. The monoisotopic (exact) mass is 225 g/mol. The highest BCUT2D eigenvalue weighted by molar-refractivity contribution is 5.68. The van der Waals surface area contributed by atoms with Crippen molar-refractivity contribution in [2.24, 2.45) is 5.73 Å². The highest BCUT2D eigenvalue weighted by Gasteiger charge is 2.22. The van der Waals surface area contributed by atoms with Crippen molar-refractivity contribution >= 4 is 12.3 Å². The van der Waals surface area contributed by atoms with E-state index in [2.05, 4.69) is 5.73 Å². The van der Waals surface area contributed by atoms with Gasteiger partial charge in [0.1, 0.15) is 18.3 Å². The van der Waals surface area contributed by atoms with E-state index in [1.54, 1.807) is 0 Å². The van der Waals surface area contributed by atoms with E-state index in [0.717, 1.165) is 0 Å². The molecule has 8 heteroatoms. The van der Waals surface area contributed by atoms with Crippen LogP contribution in [0.1, 0.15) is 0 Å². The molecule has 8 nitrogen and oxygen atoms in total. The minimum Gasteiger partial charge on any atom is -0.480 e. The average molecular weight is 225 g/mol. The van der Waals surface area contributed by atoms with Crippen molar-refractivity contribution in [3.8, 4) is 0 Å². The van der Waals surface area contributed by atoms with Gasteiger partial charge in [0.05, 0.1) is 13.2 Å². The number of rotatable bonds is 5. The number of hydrogen-bond donors (Lipinski definition) is 6. The first kappa shape index (κ1) is 16.4. The van der Waals surface area contributed by atoms with Crippen LogP contribution in [0, 0.1) is 0 Å². The minimum atomic E-state index is -1.64. The Morgan fingerprint density at radius 2 is 1.73 bits per heavy atom. The molecule has 0 bridgehead atoms. The van der Waals surface area contributed by atoms with E-state index in [0.29, 0.717) is 0 Å². The van der Waals surface area contributed by atoms with E-state index in [-0.39, 0.29) is 12.8 Å². The Balaban J connectivity index is 0. The van der Waals surface area contributed by atoms with Crippen molar-refractivity contribution in [3.63, 3.8) is 0 Å². The summed E-state index contributed by atoms with van der Waals surface area (Å²) in [5, 5.41) is 41.7. The summed E-state index contributed by atoms with van der Waals surface area (Å²) in [5.74, 6) is -0.968. The number of hydrogen-bond acceptors (Lipinski definition) is 7. The number of carbonyl (C=O) groups excluding carboxylic acids is 1. The lowest BCUT2D eigenvalue weighted by atomic mass is 10.1. The summed E-state index contributed by atoms with van der Waals surface area (Å²) in [6.45, 7) is -0.966. The molecule has 0 saturated carbocycles. The molecule has 0 fully saturated rings. The number of aliphatic carboxylic acids is 1. The first-order valence-corrected chi connectivity index (χ1v) is 3.92. The third-order valence-corrected chi connectivity index (χ3v) is 1.25. The smallest absolute Gasteiger partial charge is 0.317 e. The molecule has 3 atom stereocenters. The van der Waals surface area contributed by atoms with Crippen LogP contribution < -0.4 is 5.73 Å². The molecule has 0 aliphatic carbocycles. The summed E-state index contributed by atoms with van der Waals surface area (Å²) in [6.07, 6.45) is -4.63. The molecule has 15 heavy (non-hydrogen) atoms. The van der Waals surface area contributed by atoms with Crippen LogP contribution in [0.25, 0.3) is 0 Å². The van der Waals surface area contributed by atoms with Gasteiger partial charge in [-0.3, -0.25) is 4.79 Å². The fourth-order valence-corrected chi connectivity index (χ4v) is 0.416. The number of aldehydes is 1. The predicted octanol–water partition coefficient (Wildman–Crippen LogP) is -3.71. The molecule has 0 spiro atoms. The standard InChI is InChI=1S/C5H10O5.C2H5NO2/c6-1-3(8)5(10)4(9)2-7;3-1-2(4)5/h1,3-5,7-10H,2H2;1,3H2,(H,4,5)/t3-,4+,5+;/m0./s1. The quantitative estimate of drug-likeness (QED) is 0.260. The topological polar surface area (TPSA) is 161 Å². The van der Waals surface area contributed by atoms with Crippen LogP contribution in [0.15, 0.2) is 0 Å². The van der Waals surface area contributed by atoms with Crippen molar-refractivity contribution in [2.75, 3.05) is 13.2 Å². The van der Waals surface area contributed by atoms with Crippen molar-refractivity contribution in [1.29, 1.82) is 0 Å². The van der Waals surface area contributed by atoms with Gasteiger partial charge in [0, 0.05) is 0 Å². The van der Waals surface area contributed by atoms with Crippen LogP contribution in [-0.2, 0) is 9.59 Å². The van der Waals surface area contributed by atoms with Gasteiger partial charge in [-0.2, -0.15) is 0 Å². The van der Waals surface area contributed by atoms with E-state index in [1.807, 2.05) is 0 Å². The van der Waals surface area contributed by atoms with Crippen LogP contribution in [0.3, 0.4) is 0 Å². The lowest BCUT2D eigenvalue weighted by Crippen LogP contribution is -2.40. The van der Waals surface area contributed by atoms with E-state index in [9.17, 15) is 9.59 Å². The summed E-state index contributed by atoms with van der Waals surface area (Å²) in [5.41, 5.74) is 4.57. The molecule has 0 aromatic carbocycles. The number of aliphatic hydroxyl groups excluding tert-OH is 4. The van der Waals surface area contributed by atoms with Crippen LogP contribution in [0.5, 0.6) is 0 Å². The van der Waals surface area contributed by atoms with E-state index in [1.165, 1.54) is 0 Å². The molecule has 0 unspecified atom stereocenters. The van der Waals surface area contributed by atoms with Crippen LogP contribution in [0.2, 0.25) is 0 Å². The Labute approximate surface area is 85.6 Å². The van der Waals surface area contributed by atoms with Crippen LogP contribution in [0.4, 0.5) is 0 Å². The fourth-order valence-electron chi connectivity index (χ4n) is 0.416. The molecule has 0 rings (SSSR count). The number of carboxylic acids is 1. The zero-order valence-electron chi connectivity index (χ0n) is 7.85. The van der Waals surface area contributed by atoms with Crippen molar-refractivity contribution in [3.05, 3.63) is 0 Å². The Morgan fingerprint density at radius 1 is 1.33 bits per heavy atom. The molecule has 0 amide bonds. The van der Waals surface area contributed by atoms with Crippen molar-refractivity contribution in [1.82, 2.24) is 0 Å². The van der Waals surface area contributed by atoms with Gasteiger partial charge in [0.2, 0.25) is 0 Å². The maximum atomic E-state index is 9.76. The second kappa shape index (κ2) is 9.49. The van der Waals surface area contributed by atoms with E-state index < -0.39 is 30.9 Å². The molecule has 90 valence electrons. The number of carboxylic acid groups (broad SMARTS) is 1. The van der Waals surface area contributed by atoms with E-state index >= 15 is 0 Å². The first-order valence-electron chi connectivity index (χ1n) is 3.92. The maximum Gasteiger partial charge on any atom is 0.317 e. The van der Waals surface area contributed by atoms with Crippen molar-refractivity contribution < 1.29 is 35.1 Å². The van der Waals surface area contributed by atoms with Crippen LogP contribution in [-0.4, -0.2) is 69.3 Å². The molecule has 0 saturated heterocycles. The summed E-state index contributed by atoms with van der Waals surface area (Å²) in [4.78, 5) is 19.0. The SMILES string of the molecule is NCC(=O)O.O=C[C@H](O)[C@@H](O)[C@H](O)CO. The summed E-state index contributed by atoms with van der Waals surface area (Å²) < 4.78 is 0. The van der Waals surface area contributed by atoms with Gasteiger partial charge >= 0.3 is 5.97 Å². The minimum absolute atomic E-state index is 0.0869. The van der Waals surface area contributed by atoms with Crippen molar-refractivity contribution in [2.45, 2.75) is 18.3 Å². The maximum absolute atomic E-state index is 9.76. The summed E-state index contributed by atoms with van der Waals surface area (Å²) >= 11 is 0. The third kappa shape index (κ3) is 9.25. The third-order valence-electron chi connectivity index (χ3n) is 1.25. The van der Waals surface area contributed by atoms with Gasteiger partial charge in [-0.05, 0) is 0 Å². The summed E-state index contributed by atoms with van der Waals surface area (Å²) in [7, 11) is 0. The first-order chi connectivity index (χ1) is 6.90. The second-order valence-electron chi connectivity index (χ2n) is 2.47. The highest BCUT2D eigenvalue weighted by atomic mass is 16.4. The number of aliphatic hydroxyl groups is 4. The Morgan fingerprint density at radius 3 is 1.93 bits per heavy atom. The Hall–Kier alpha value is -1.06. The lowest BCUT2D eigenvalue weighted by molar-refractivity contribution is -0.135. The molecule has 0 aliphatic rings. The molecular formula is C7H15NO7. The van der Waals surface area contributed by atoms with Gasteiger partial charge in [-0.15, -0.1) is 0 Å². The second-order valence-corrected chi connectivity index (χ2v) is 2.47. The van der Waals surface area contributed by atoms with E-state index in [4.69, 9.17) is 25.5 Å². The zero-order valence-corrected chi connectivity index (χ0v) is 7.85. The molecule has 0 aliphatic heterocycles. The van der Waals surface area contributed by atoms with Gasteiger partial charge in [0.15, 0.2) is 6.29 Å². The average Bonchev–Trinajstić information content (AvgIpc) is 2.26. The molecule has 0 radical (unpaired) electrons. The molecule has 7 N–H and O–H groups in total. The van der Waals surface area contributed by atoms with Gasteiger partial charge < -0.3 is 36.1 Å². The number of carbonyl (C=O) groups is 2. The Kier molecular flexibility index (Phi) is 10.4. The van der Waals surface area contributed by atoms with Gasteiger partial charge in [-0.25, -0.2) is 0 Å². The highest BCUT2D eigenvalue weighted by Crippen LogP contribution is 1.96. The predicted molar refractivity (Wildman–Crippen MR) is 47.9 cm³/mol. The molecule has 0 aromatic heterocycles. The normalized spacial score (nSPS) is 15.5. The zero-order chi connectivity index (χ0) is 12.4. The van der Waals surface area contributed by atoms with Gasteiger partial charge in [-0.1, -0.05) is 0 Å². The molecule has 0 aromatic rings. The van der Waals surface area contributed by atoms with Gasteiger partial charge in [0.25, 0.3) is 0 Å². The fraction of sp³-hybridized carbons (Fsp3) is 0.714. The lowest BCUT2D eigenvalue weighted by Gasteiger charge is -2.16. The largest absolute Gasteiger partial charge is 0.480 e. The number of nitrogens with two attached hydrogens (primary N) is 1. The molecule has 0 heterocycles.